The van der Waals surface area contributed by atoms with E-state index in [0.717, 1.165) is 23.3 Å². The Balaban J connectivity index is 1.75. The molecule has 0 saturated heterocycles. The molecule has 130 valence electrons. The normalized spacial score (nSPS) is 12.4. The van der Waals surface area contributed by atoms with Gasteiger partial charge in [-0.25, -0.2) is 0 Å². The van der Waals surface area contributed by atoms with Crippen molar-refractivity contribution in [3.8, 4) is 16.9 Å². The molecule has 2 aromatic rings. The number of rotatable bonds is 6. The number of fused-ring (bicyclic) bond motifs is 1. The van der Waals surface area contributed by atoms with Gasteiger partial charge in [0.2, 0.25) is 0 Å². The first-order chi connectivity index (χ1) is 12.0. The zero-order chi connectivity index (χ0) is 17.8. The van der Waals surface area contributed by atoms with Gasteiger partial charge in [0.1, 0.15) is 5.75 Å². The molecule has 1 amide bonds. The molecule has 2 heterocycles. The number of hydrogen-bond donors (Lipinski definition) is 1. The van der Waals surface area contributed by atoms with Crippen LogP contribution in [-0.4, -0.2) is 47.1 Å². The second-order valence-corrected chi connectivity index (χ2v) is 6.11. The Kier molecular flexibility index (Phi) is 4.97. The van der Waals surface area contributed by atoms with Crippen LogP contribution in [0.3, 0.4) is 0 Å². The number of benzene rings is 1. The van der Waals surface area contributed by atoms with Gasteiger partial charge in [-0.1, -0.05) is 6.07 Å². The highest BCUT2D eigenvalue weighted by molar-refractivity contribution is 5.95. The van der Waals surface area contributed by atoms with Gasteiger partial charge in [-0.3, -0.25) is 14.6 Å². The third-order valence-electron chi connectivity index (χ3n) is 4.24. The number of amides is 1. The van der Waals surface area contributed by atoms with Crippen molar-refractivity contribution >= 4 is 11.9 Å². The van der Waals surface area contributed by atoms with Crippen LogP contribution in [0.5, 0.6) is 5.75 Å². The lowest BCUT2D eigenvalue weighted by Gasteiger charge is -2.17. The Morgan fingerprint density at radius 2 is 2.08 bits per heavy atom. The molecule has 0 atom stereocenters. The van der Waals surface area contributed by atoms with Gasteiger partial charge in [0.25, 0.3) is 5.91 Å². The van der Waals surface area contributed by atoms with Crippen molar-refractivity contribution < 1.29 is 19.4 Å². The van der Waals surface area contributed by atoms with Crippen molar-refractivity contribution in [1.82, 2.24) is 9.88 Å². The van der Waals surface area contributed by atoms with Crippen molar-refractivity contribution in [1.29, 1.82) is 0 Å². The van der Waals surface area contributed by atoms with Gasteiger partial charge in [0.05, 0.1) is 12.2 Å². The Bertz CT molecular complexity index is 804. The quantitative estimate of drug-likeness (QED) is 0.874. The van der Waals surface area contributed by atoms with Gasteiger partial charge in [0.15, 0.2) is 0 Å². The second-order valence-electron chi connectivity index (χ2n) is 6.11. The van der Waals surface area contributed by atoms with E-state index in [1.807, 2.05) is 18.2 Å². The first kappa shape index (κ1) is 17.0. The molecular weight excluding hydrogens is 320 g/mol. The smallest absolute Gasteiger partial charge is 0.303 e. The minimum atomic E-state index is -0.856. The number of hydrogen-bond acceptors (Lipinski definition) is 4. The standard InChI is InChI=1S/C19H20N2O4/c1-21(7-2-3-18(22)23)19(24)16-10-15(11-20-12-16)13-4-5-17-14(9-13)6-8-25-17/h4-5,9-12H,2-3,6-8H2,1H3,(H,22,23). The molecule has 6 heteroatoms. The molecule has 3 rings (SSSR count). The van der Waals surface area contributed by atoms with Gasteiger partial charge < -0.3 is 14.7 Å². The second kappa shape index (κ2) is 7.34. The van der Waals surface area contributed by atoms with Crippen molar-refractivity contribution in [2.45, 2.75) is 19.3 Å². The lowest BCUT2D eigenvalue weighted by atomic mass is 10.0. The number of pyridine rings is 1. The third kappa shape index (κ3) is 3.96. The van der Waals surface area contributed by atoms with E-state index in [2.05, 4.69) is 11.1 Å². The van der Waals surface area contributed by atoms with Gasteiger partial charge in [-0.15, -0.1) is 0 Å². The van der Waals surface area contributed by atoms with E-state index in [1.165, 1.54) is 16.7 Å². The number of carbonyl (C=O) groups excluding carboxylic acids is 1. The average molecular weight is 340 g/mol. The molecule has 1 aromatic carbocycles. The van der Waals surface area contributed by atoms with Crippen LogP contribution in [0.1, 0.15) is 28.8 Å². The predicted molar refractivity (Wildman–Crippen MR) is 92.7 cm³/mol. The Morgan fingerprint density at radius 1 is 1.24 bits per heavy atom. The highest BCUT2D eigenvalue weighted by atomic mass is 16.5. The van der Waals surface area contributed by atoms with Crippen LogP contribution in [0.4, 0.5) is 0 Å². The van der Waals surface area contributed by atoms with Gasteiger partial charge in [-0.05, 0) is 35.7 Å². The molecule has 0 bridgehead atoms. The lowest BCUT2D eigenvalue weighted by Crippen LogP contribution is -2.28. The SMILES string of the molecule is CN(CCCC(=O)O)C(=O)c1cncc(-c2ccc3c(c2)CCO3)c1. The van der Waals surface area contributed by atoms with Crippen LogP contribution >= 0.6 is 0 Å². The Morgan fingerprint density at radius 3 is 2.88 bits per heavy atom. The minimum Gasteiger partial charge on any atom is -0.493 e. The number of aromatic nitrogens is 1. The predicted octanol–water partition coefficient (Wildman–Crippen LogP) is 2.62. The lowest BCUT2D eigenvalue weighted by molar-refractivity contribution is -0.137. The van der Waals surface area contributed by atoms with E-state index in [1.54, 1.807) is 13.2 Å². The van der Waals surface area contributed by atoms with E-state index in [4.69, 9.17) is 9.84 Å². The number of aliphatic carboxylic acids is 1. The van der Waals surface area contributed by atoms with E-state index >= 15 is 0 Å². The van der Waals surface area contributed by atoms with Crippen LogP contribution in [0.25, 0.3) is 11.1 Å². The number of carbonyl (C=O) groups is 2. The van der Waals surface area contributed by atoms with Crippen LogP contribution in [0.15, 0.2) is 36.7 Å². The number of ether oxygens (including phenoxy) is 1. The summed E-state index contributed by atoms with van der Waals surface area (Å²) in [6, 6.07) is 7.81. The summed E-state index contributed by atoms with van der Waals surface area (Å²) in [5, 5.41) is 8.69. The Hall–Kier alpha value is -2.89. The van der Waals surface area contributed by atoms with Gasteiger partial charge >= 0.3 is 5.97 Å². The highest BCUT2D eigenvalue weighted by Gasteiger charge is 2.15. The topological polar surface area (TPSA) is 79.7 Å². The van der Waals surface area contributed by atoms with E-state index < -0.39 is 5.97 Å². The maximum Gasteiger partial charge on any atom is 0.303 e. The molecule has 0 unspecified atom stereocenters. The van der Waals surface area contributed by atoms with Crippen molar-refractivity contribution in [2.75, 3.05) is 20.2 Å². The summed E-state index contributed by atoms with van der Waals surface area (Å²) in [7, 11) is 1.67. The summed E-state index contributed by atoms with van der Waals surface area (Å²) in [4.78, 5) is 28.8. The van der Waals surface area contributed by atoms with Crippen LogP contribution < -0.4 is 4.74 Å². The third-order valence-corrected chi connectivity index (χ3v) is 4.24. The molecule has 25 heavy (non-hydrogen) atoms. The van der Waals surface area contributed by atoms with E-state index in [9.17, 15) is 9.59 Å². The molecule has 0 radical (unpaired) electrons. The van der Waals surface area contributed by atoms with Crippen molar-refractivity contribution in [2.24, 2.45) is 0 Å². The molecule has 0 spiro atoms. The van der Waals surface area contributed by atoms with Crippen molar-refractivity contribution in [3.05, 3.63) is 47.8 Å². The summed E-state index contributed by atoms with van der Waals surface area (Å²) in [6.45, 7) is 1.10. The minimum absolute atomic E-state index is 0.0487. The van der Waals surface area contributed by atoms with Crippen LogP contribution in [-0.2, 0) is 11.2 Å². The van der Waals surface area contributed by atoms with Gasteiger partial charge in [-0.2, -0.15) is 0 Å². The Labute approximate surface area is 146 Å². The van der Waals surface area contributed by atoms with Crippen molar-refractivity contribution in [3.63, 3.8) is 0 Å². The van der Waals surface area contributed by atoms with E-state index in [-0.39, 0.29) is 12.3 Å². The largest absolute Gasteiger partial charge is 0.493 e. The molecule has 1 aromatic heterocycles. The number of nitrogens with zero attached hydrogens (tertiary/aromatic N) is 2. The van der Waals surface area contributed by atoms with Gasteiger partial charge in [0, 0.05) is 44.4 Å². The summed E-state index contributed by atoms with van der Waals surface area (Å²) < 4.78 is 5.52. The molecule has 0 fully saturated rings. The molecule has 1 aliphatic rings. The molecule has 0 aliphatic carbocycles. The van der Waals surface area contributed by atoms with E-state index in [0.29, 0.717) is 25.1 Å². The monoisotopic (exact) mass is 340 g/mol. The fourth-order valence-electron chi connectivity index (χ4n) is 2.87. The first-order valence-electron chi connectivity index (χ1n) is 8.23. The van der Waals surface area contributed by atoms with Crippen LogP contribution in [0, 0.1) is 0 Å². The fourth-order valence-corrected chi connectivity index (χ4v) is 2.87. The molecular formula is C19H20N2O4. The zero-order valence-corrected chi connectivity index (χ0v) is 14.1. The number of carboxylic acids is 1. The summed E-state index contributed by atoms with van der Waals surface area (Å²) in [5.41, 5.74) is 3.53. The average Bonchev–Trinajstić information content (AvgIpc) is 3.08. The summed E-state index contributed by atoms with van der Waals surface area (Å²) in [6.07, 6.45) is 4.64. The number of carboxylic acid groups (broad SMARTS) is 1. The highest BCUT2D eigenvalue weighted by Crippen LogP contribution is 2.30. The summed E-state index contributed by atoms with van der Waals surface area (Å²) >= 11 is 0. The first-order valence-corrected chi connectivity index (χ1v) is 8.23. The molecule has 6 nitrogen and oxygen atoms in total. The maximum atomic E-state index is 12.5. The summed E-state index contributed by atoms with van der Waals surface area (Å²) in [5.74, 6) is -0.101. The zero-order valence-electron chi connectivity index (χ0n) is 14.1. The molecule has 0 saturated carbocycles. The maximum absolute atomic E-state index is 12.5. The fraction of sp³-hybridized carbons (Fsp3) is 0.316. The molecule has 1 N–H and O–H groups in total. The van der Waals surface area contributed by atoms with Crippen LogP contribution in [0.2, 0.25) is 0 Å². The molecule has 1 aliphatic heterocycles.